The van der Waals surface area contributed by atoms with E-state index in [0.29, 0.717) is 18.8 Å². The van der Waals surface area contributed by atoms with Gasteiger partial charge in [-0.2, -0.15) is 0 Å². The molecule has 0 radical (unpaired) electrons. The summed E-state index contributed by atoms with van der Waals surface area (Å²) in [6, 6.07) is 18.0. The number of carbonyl (C=O) groups is 1. The highest BCUT2D eigenvalue weighted by Gasteiger charge is 2.10. The van der Waals surface area contributed by atoms with Crippen LogP contribution in [0, 0.1) is 6.92 Å². The van der Waals surface area contributed by atoms with Crippen molar-refractivity contribution in [2.24, 2.45) is 0 Å². The first-order valence-corrected chi connectivity index (χ1v) is 7.48. The third-order valence-electron chi connectivity index (χ3n) is 3.53. The lowest BCUT2D eigenvalue weighted by Gasteiger charge is -2.03. The van der Waals surface area contributed by atoms with Gasteiger partial charge in [-0.3, -0.25) is 4.79 Å². The highest BCUT2D eigenvalue weighted by Crippen LogP contribution is 2.04. The second-order valence-corrected chi connectivity index (χ2v) is 5.46. The average molecular weight is 306 g/mol. The standard InChI is InChI=1S/C18H18N4O/c1-14-7-9-15(10-8-14)11-19-18(23)17-13-22(21-20-17)12-16-5-3-2-4-6-16/h2-10,13H,11-12H2,1H3,(H,19,23). The Bertz CT molecular complexity index is 778. The number of benzene rings is 2. The average Bonchev–Trinajstić information content (AvgIpc) is 3.03. The first-order chi connectivity index (χ1) is 11.2. The maximum Gasteiger partial charge on any atom is 0.273 e. The van der Waals surface area contributed by atoms with E-state index in [0.717, 1.165) is 11.1 Å². The summed E-state index contributed by atoms with van der Waals surface area (Å²) in [6.07, 6.45) is 1.66. The van der Waals surface area contributed by atoms with Crippen molar-refractivity contribution >= 4 is 5.91 Å². The molecule has 3 rings (SSSR count). The van der Waals surface area contributed by atoms with Gasteiger partial charge in [-0.1, -0.05) is 65.4 Å². The van der Waals surface area contributed by atoms with Gasteiger partial charge in [-0.25, -0.2) is 4.68 Å². The molecule has 116 valence electrons. The largest absolute Gasteiger partial charge is 0.347 e. The number of carbonyl (C=O) groups excluding carboxylic acids is 1. The number of aromatic nitrogens is 3. The van der Waals surface area contributed by atoms with Crippen molar-refractivity contribution in [3.05, 3.63) is 83.2 Å². The van der Waals surface area contributed by atoms with E-state index < -0.39 is 0 Å². The Morgan fingerprint density at radius 1 is 1.04 bits per heavy atom. The fraction of sp³-hybridized carbons (Fsp3) is 0.167. The van der Waals surface area contributed by atoms with E-state index in [1.807, 2.05) is 61.5 Å². The van der Waals surface area contributed by atoms with Crippen LogP contribution in [0.15, 0.2) is 60.8 Å². The van der Waals surface area contributed by atoms with E-state index in [1.54, 1.807) is 10.9 Å². The van der Waals surface area contributed by atoms with Crippen LogP contribution in [0.25, 0.3) is 0 Å². The number of aryl methyl sites for hydroxylation is 1. The van der Waals surface area contributed by atoms with E-state index in [2.05, 4.69) is 15.6 Å². The number of amides is 1. The fourth-order valence-corrected chi connectivity index (χ4v) is 2.23. The Morgan fingerprint density at radius 3 is 2.52 bits per heavy atom. The molecule has 1 N–H and O–H groups in total. The summed E-state index contributed by atoms with van der Waals surface area (Å²) in [5.74, 6) is -0.218. The molecule has 0 aliphatic carbocycles. The third kappa shape index (κ3) is 4.03. The van der Waals surface area contributed by atoms with Crippen molar-refractivity contribution in [1.82, 2.24) is 20.3 Å². The van der Waals surface area contributed by atoms with E-state index in [1.165, 1.54) is 5.56 Å². The SMILES string of the molecule is Cc1ccc(CNC(=O)c2cn(Cc3ccccc3)nn2)cc1. The minimum absolute atomic E-state index is 0.218. The molecule has 0 saturated heterocycles. The number of nitrogens with one attached hydrogen (secondary N) is 1. The summed E-state index contributed by atoms with van der Waals surface area (Å²) in [7, 11) is 0. The Labute approximate surface area is 135 Å². The van der Waals surface area contributed by atoms with E-state index in [4.69, 9.17) is 0 Å². The summed E-state index contributed by atoms with van der Waals surface area (Å²) >= 11 is 0. The normalized spacial score (nSPS) is 10.5. The highest BCUT2D eigenvalue weighted by molar-refractivity contribution is 5.91. The van der Waals surface area contributed by atoms with Crippen molar-refractivity contribution in [2.75, 3.05) is 0 Å². The first kappa shape index (κ1) is 15.0. The van der Waals surface area contributed by atoms with Gasteiger partial charge >= 0.3 is 0 Å². The van der Waals surface area contributed by atoms with Crippen LogP contribution in [0.5, 0.6) is 0 Å². The number of rotatable bonds is 5. The fourth-order valence-electron chi connectivity index (χ4n) is 2.23. The summed E-state index contributed by atoms with van der Waals surface area (Å²) in [4.78, 5) is 12.1. The second kappa shape index (κ2) is 6.87. The number of hydrogen-bond donors (Lipinski definition) is 1. The molecule has 23 heavy (non-hydrogen) atoms. The molecule has 0 bridgehead atoms. The van der Waals surface area contributed by atoms with Crippen LogP contribution in [0.4, 0.5) is 0 Å². The van der Waals surface area contributed by atoms with Crippen molar-refractivity contribution in [3.63, 3.8) is 0 Å². The summed E-state index contributed by atoms with van der Waals surface area (Å²) in [6.45, 7) is 3.11. The summed E-state index contributed by atoms with van der Waals surface area (Å²) in [5.41, 5.74) is 3.70. The van der Waals surface area contributed by atoms with Gasteiger partial charge in [0.05, 0.1) is 12.7 Å². The van der Waals surface area contributed by atoms with Crippen LogP contribution >= 0.6 is 0 Å². The molecule has 2 aromatic carbocycles. The predicted molar refractivity (Wildman–Crippen MR) is 87.9 cm³/mol. The lowest BCUT2D eigenvalue weighted by atomic mass is 10.1. The van der Waals surface area contributed by atoms with E-state index in [9.17, 15) is 4.79 Å². The molecule has 1 aromatic heterocycles. The number of nitrogens with zero attached hydrogens (tertiary/aromatic N) is 3. The monoisotopic (exact) mass is 306 g/mol. The second-order valence-electron chi connectivity index (χ2n) is 5.46. The molecule has 0 aliphatic rings. The highest BCUT2D eigenvalue weighted by atomic mass is 16.2. The maximum absolute atomic E-state index is 12.1. The Hall–Kier alpha value is -2.95. The minimum Gasteiger partial charge on any atom is -0.347 e. The van der Waals surface area contributed by atoms with Crippen molar-refractivity contribution < 1.29 is 4.79 Å². The van der Waals surface area contributed by atoms with Crippen LogP contribution in [0.1, 0.15) is 27.2 Å². The number of hydrogen-bond acceptors (Lipinski definition) is 3. The van der Waals surface area contributed by atoms with Gasteiger partial charge in [0, 0.05) is 6.54 Å². The molecule has 5 heteroatoms. The molecule has 0 spiro atoms. The molecule has 3 aromatic rings. The topological polar surface area (TPSA) is 59.8 Å². The van der Waals surface area contributed by atoms with Gasteiger partial charge in [0.25, 0.3) is 5.91 Å². The van der Waals surface area contributed by atoms with Crippen molar-refractivity contribution in [1.29, 1.82) is 0 Å². The lowest BCUT2D eigenvalue weighted by molar-refractivity contribution is 0.0946. The summed E-state index contributed by atoms with van der Waals surface area (Å²) in [5, 5.41) is 10.8. The van der Waals surface area contributed by atoms with Crippen LogP contribution in [-0.4, -0.2) is 20.9 Å². The molecule has 1 amide bonds. The van der Waals surface area contributed by atoms with Crippen molar-refractivity contribution in [2.45, 2.75) is 20.0 Å². The van der Waals surface area contributed by atoms with Gasteiger partial charge in [0.15, 0.2) is 5.69 Å². The van der Waals surface area contributed by atoms with Gasteiger partial charge in [0.1, 0.15) is 0 Å². The van der Waals surface area contributed by atoms with Crippen LogP contribution in [-0.2, 0) is 13.1 Å². The molecule has 0 saturated carbocycles. The summed E-state index contributed by atoms with van der Waals surface area (Å²) < 4.78 is 1.66. The molecule has 0 aliphatic heterocycles. The molecular weight excluding hydrogens is 288 g/mol. The quantitative estimate of drug-likeness (QED) is 0.788. The van der Waals surface area contributed by atoms with Crippen LogP contribution in [0.2, 0.25) is 0 Å². The molecule has 5 nitrogen and oxygen atoms in total. The van der Waals surface area contributed by atoms with Crippen LogP contribution < -0.4 is 5.32 Å². The zero-order chi connectivity index (χ0) is 16.1. The Kier molecular flexibility index (Phi) is 4.47. The van der Waals surface area contributed by atoms with E-state index in [-0.39, 0.29) is 5.91 Å². The molecule has 0 unspecified atom stereocenters. The minimum atomic E-state index is -0.218. The van der Waals surface area contributed by atoms with E-state index >= 15 is 0 Å². The zero-order valence-corrected chi connectivity index (χ0v) is 12.9. The van der Waals surface area contributed by atoms with Crippen LogP contribution in [0.3, 0.4) is 0 Å². The van der Waals surface area contributed by atoms with Gasteiger partial charge in [0.2, 0.25) is 0 Å². The zero-order valence-electron chi connectivity index (χ0n) is 12.9. The Morgan fingerprint density at radius 2 is 1.78 bits per heavy atom. The smallest absolute Gasteiger partial charge is 0.273 e. The van der Waals surface area contributed by atoms with Crippen molar-refractivity contribution in [3.8, 4) is 0 Å². The van der Waals surface area contributed by atoms with Gasteiger partial charge in [-0.15, -0.1) is 5.10 Å². The third-order valence-corrected chi connectivity index (χ3v) is 3.53. The van der Waals surface area contributed by atoms with Gasteiger partial charge in [-0.05, 0) is 18.1 Å². The first-order valence-electron chi connectivity index (χ1n) is 7.48. The Balaban J connectivity index is 1.59. The molecule has 0 fully saturated rings. The predicted octanol–water partition coefficient (Wildman–Crippen LogP) is 2.56. The molecular formula is C18H18N4O. The maximum atomic E-state index is 12.1. The molecule has 1 heterocycles. The van der Waals surface area contributed by atoms with Gasteiger partial charge < -0.3 is 5.32 Å². The molecule has 0 atom stereocenters. The lowest BCUT2D eigenvalue weighted by Crippen LogP contribution is -2.23.